The Kier molecular flexibility index (Phi) is 2.82. The molecule has 0 aliphatic heterocycles. The maximum atomic E-state index is 11.5. The Hall–Kier alpha value is -1.82. The Morgan fingerprint density at radius 1 is 1.53 bits per heavy atom. The summed E-state index contributed by atoms with van der Waals surface area (Å²) in [6, 6.07) is 3.19. The lowest BCUT2D eigenvalue weighted by atomic mass is 10.3. The Morgan fingerprint density at radius 2 is 2.26 bits per heavy atom. The van der Waals surface area contributed by atoms with Crippen LogP contribution in [-0.4, -0.2) is 24.7 Å². The predicted molar refractivity (Wildman–Crippen MR) is 73.3 cm³/mol. The van der Waals surface area contributed by atoms with E-state index in [1.807, 2.05) is 7.05 Å². The second-order valence-corrected chi connectivity index (χ2v) is 5.95. The highest BCUT2D eigenvalue weighted by Gasteiger charge is 2.24. The van der Waals surface area contributed by atoms with E-state index in [-0.39, 0.29) is 5.56 Å². The van der Waals surface area contributed by atoms with Gasteiger partial charge in [0, 0.05) is 19.7 Å². The first kappa shape index (κ1) is 12.2. The number of carboxylic acid groups (broad SMARTS) is 1. The third-order valence-corrected chi connectivity index (χ3v) is 4.42. The normalized spacial score (nSPS) is 14.8. The molecular formula is C13H13NO4S. The van der Waals surface area contributed by atoms with Crippen LogP contribution in [0.4, 0.5) is 5.00 Å². The lowest BCUT2D eigenvalue weighted by molar-refractivity contribution is 0.0692. The standard InChI is InChI=1S/C13H13NO4S/c1-14(6-7-2-3-7)11-5-9-10(19-11)4-8(12(15)16)13(17)18-9/h4-5,7H,2-3,6H2,1H3,(H,15,16). The van der Waals surface area contributed by atoms with Crippen molar-refractivity contribution in [2.45, 2.75) is 12.8 Å². The minimum atomic E-state index is -1.25. The number of hydrogen-bond acceptors (Lipinski definition) is 5. The third kappa shape index (κ3) is 2.35. The summed E-state index contributed by atoms with van der Waals surface area (Å²) in [5, 5.41) is 9.90. The van der Waals surface area contributed by atoms with Gasteiger partial charge in [0.25, 0.3) is 0 Å². The summed E-state index contributed by atoms with van der Waals surface area (Å²) in [5.74, 6) is -0.492. The average Bonchev–Trinajstić information content (AvgIpc) is 3.05. The summed E-state index contributed by atoms with van der Waals surface area (Å²) in [6.45, 7) is 0.989. The van der Waals surface area contributed by atoms with Gasteiger partial charge in [-0.05, 0) is 24.8 Å². The summed E-state index contributed by atoms with van der Waals surface area (Å²) in [7, 11) is 2.00. The van der Waals surface area contributed by atoms with Crippen LogP contribution in [0.15, 0.2) is 21.3 Å². The van der Waals surface area contributed by atoms with Crippen LogP contribution < -0.4 is 10.5 Å². The molecule has 0 unspecified atom stereocenters. The van der Waals surface area contributed by atoms with E-state index >= 15 is 0 Å². The van der Waals surface area contributed by atoms with Crippen LogP contribution in [0.2, 0.25) is 0 Å². The largest absolute Gasteiger partial charge is 0.477 e. The first-order chi connectivity index (χ1) is 9.04. The molecule has 1 N–H and O–H groups in total. The zero-order chi connectivity index (χ0) is 13.6. The molecule has 0 aromatic carbocycles. The fourth-order valence-electron chi connectivity index (χ4n) is 2.02. The van der Waals surface area contributed by atoms with Crippen LogP contribution in [0, 0.1) is 5.92 Å². The highest BCUT2D eigenvalue weighted by Crippen LogP contribution is 2.35. The van der Waals surface area contributed by atoms with Gasteiger partial charge in [0.15, 0.2) is 5.58 Å². The molecule has 0 bridgehead atoms. The van der Waals surface area contributed by atoms with E-state index in [1.54, 1.807) is 6.07 Å². The molecule has 0 atom stereocenters. The highest BCUT2D eigenvalue weighted by molar-refractivity contribution is 7.22. The van der Waals surface area contributed by atoms with Crippen molar-refractivity contribution in [3.63, 3.8) is 0 Å². The Labute approximate surface area is 113 Å². The van der Waals surface area contributed by atoms with Gasteiger partial charge in [0.2, 0.25) is 0 Å². The maximum Gasteiger partial charge on any atom is 0.351 e. The second kappa shape index (κ2) is 4.38. The zero-order valence-corrected chi connectivity index (χ0v) is 11.2. The molecule has 1 fully saturated rings. The van der Waals surface area contributed by atoms with Gasteiger partial charge in [-0.2, -0.15) is 0 Å². The third-order valence-electron chi connectivity index (χ3n) is 3.25. The smallest absolute Gasteiger partial charge is 0.351 e. The molecule has 2 aromatic heterocycles. The molecule has 6 heteroatoms. The summed E-state index contributed by atoms with van der Waals surface area (Å²) >= 11 is 1.45. The lowest BCUT2D eigenvalue weighted by Crippen LogP contribution is -2.18. The number of fused-ring (bicyclic) bond motifs is 1. The molecule has 0 saturated heterocycles. The van der Waals surface area contributed by atoms with Crippen molar-refractivity contribution in [2.75, 3.05) is 18.5 Å². The van der Waals surface area contributed by atoms with Gasteiger partial charge in [-0.1, -0.05) is 0 Å². The molecule has 0 radical (unpaired) electrons. The van der Waals surface area contributed by atoms with Crippen LogP contribution in [0.1, 0.15) is 23.2 Å². The van der Waals surface area contributed by atoms with E-state index in [1.165, 1.54) is 30.2 Å². The van der Waals surface area contributed by atoms with Crippen molar-refractivity contribution < 1.29 is 14.3 Å². The quantitative estimate of drug-likeness (QED) is 0.930. The average molecular weight is 279 g/mol. The van der Waals surface area contributed by atoms with Crippen molar-refractivity contribution in [1.82, 2.24) is 0 Å². The number of aromatic carboxylic acids is 1. The van der Waals surface area contributed by atoms with Crippen LogP contribution >= 0.6 is 11.3 Å². The van der Waals surface area contributed by atoms with Crippen molar-refractivity contribution in [3.05, 3.63) is 28.1 Å². The van der Waals surface area contributed by atoms with Gasteiger partial charge in [-0.15, -0.1) is 11.3 Å². The first-order valence-corrected chi connectivity index (χ1v) is 6.88. The lowest BCUT2D eigenvalue weighted by Gasteiger charge is -2.15. The monoisotopic (exact) mass is 279 g/mol. The fraction of sp³-hybridized carbons (Fsp3) is 0.385. The molecular weight excluding hydrogens is 266 g/mol. The molecule has 2 heterocycles. The minimum Gasteiger partial charge on any atom is -0.477 e. The summed E-state index contributed by atoms with van der Waals surface area (Å²) in [5.41, 5.74) is -0.655. The van der Waals surface area contributed by atoms with E-state index in [4.69, 9.17) is 9.52 Å². The first-order valence-electron chi connectivity index (χ1n) is 6.06. The maximum absolute atomic E-state index is 11.5. The molecule has 1 saturated carbocycles. The van der Waals surface area contributed by atoms with Gasteiger partial charge >= 0.3 is 11.6 Å². The molecule has 1 aliphatic carbocycles. The fourth-order valence-corrected chi connectivity index (χ4v) is 3.02. The number of carbonyl (C=O) groups is 1. The summed E-state index contributed by atoms with van der Waals surface area (Å²) in [4.78, 5) is 24.5. The number of thiophene rings is 1. The summed E-state index contributed by atoms with van der Waals surface area (Å²) < 4.78 is 5.74. The SMILES string of the molecule is CN(CC1CC1)c1cc2oc(=O)c(C(=O)O)cc2s1. The molecule has 100 valence electrons. The Morgan fingerprint density at radius 3 is 2.89 bits per heavy atom. The predicted octanol–water partition coefficient (Wildman–Crippen LogP) is 2.40. The van der Waals surface area contributed by atoms with Crippen molar-refractivity contribution in [3.8, 4) is 0 Å². The van der Waals surface area contributed by atoms with Crippen molar-refractivity contribution in [1.29, 1.82) is 0 Å². The van der Waals surface area contributed by atoms with Crippen LogP contribution in [0.25, 0.3) is 10.3 Å². The van der Waals surface area contributed by atoms with Gasteiger partial charge in [-0.3, -0.25) is 0 Å². The van der Waals surface area contributed by atoms with Crippen molar-refractivity contribution >= 4 is 32.6 Å². The number of anilines is 1. The van der Waals surface area contributed by atoms with Gasteiger partial charge in [-0.25, -0.2) is 9.59 Å². The number of carboxylic acids is 1. The van der Waals surface area contributed by atoms with E-state index < -0.39 is 11.6 Å². The van der Waals surface area contributed by atoms with Crippen LogP contribution in [-0.2, 0) is 0 Å². The molecule has 3 rings (SSSR count). The number of rotatable bonds is 4. The van der Waals surface area contributed by atoms with E-state index in [2.05, 4.69) is 4.90 Å². The van der Waals surface area contributed by atoms with E-state index in [9.17, 15) is 9.59 Å². The van der Waals surface area contributed by atoms with Gasteiger partial charge in [0.05, 0.1) is 9.70 Å². The zero-order valence-electron chi connectivity index (χ0n) is 10.4. The molecule has 19 heavy (non-hydrogen) atoms. The molecule has 5 nitrogen and oxygen atoms in total. The molecule has 0 amide bonds. The molecule has 0 spiro atoms. The second-order valence-electron chi connectivity index (χ2n) is 4.89. The molecule has 1 aliphatic rings. The highest BCUT2D eigenvalue weighted by atomic mass is 32.1. The Bertz CT molecular complexity index is 698. The number of hydrogen-bond donors (Lipinski definition) is 1. The molecule has 2 aromatic rings. The van der Waals surface area contributed by atoms with Crippen LogP contribution in [0.5, 0.6) is 0 Å². The summed E-state index contributed by atoms with van der Waals surface area (Å²) in [6.07, 6.45) is 2.54. The topological polar surface area (TPSA) is 70.8 Å². The van der Waals surface area contributed by atoms with E-state index in [0.717, 1.165) is 17.5 Å². The van der Waals surface area contributed by atoms with Crippen LogP contribution in [0.3, 0.4) is 0 Å². The van der Waals surface area contributed by atoms with E-state index in [0.29, 0.717) is 10.3 Å². The van der Waals surface area contributed by atoms with Crippen molar-refractivity contribution in [2.24, 2.45) is 5.92 Å². The van der Waals surface area contributed by atoms with Gasteiger partial charge in [0.1, 0.15) is 5.56 Å². The minimum absolute atomic E-state index is 0.314. The van der Waals surface area contributed by atoms with Gasteiger partial charge < -0.3 is 14.4 Å². The number of nitrogens with zero attached hydrogens (tertiary/aromatic N) is 1. The Balaban J connectivity index is 1.99.